The van der Waals surface area contributed by atoms with Gasteiger partial charge in [-0.3, -0.25) is 71.9 Å². The molecule has 0 fully saturated rings. The molecule has 0 saturated carbocycles. The Morgan fingerprint density at radius 2 is 0.529 bits per heavy atom. The molecule has 15 N–H and O–H groups in total. The molecule has 0 aliphatic rings. The highest BCUT2D eigenvalue weighted by Gasteiger charge is 2.27. The quantitative estimate of drug-likeness (QED) is 0.0245. The van der Waals surface area contributed by atoms with E-state index < -0.39 is 76.8 Å². The third-order valence-electron chi connectivity index (χ3n) is 18.1. The van der Waals surface area contributed by atoms with Gasteiger partial charge in [-0.05, 0) is 63.8 Å². The summed E-state index contributed by atoms with van der Waals surface area (Å²) >= 11 is 0. The molecule has 0 aliphatic carbocycles. The third kappa shape index (κ3) is 23.4. The molecule has 0 radical (unpaired) electrons. The van der Waals surface area contributed by atoms with Crippen LogP contribution in [-0.2, 0) is 94.4 Å². The molecular weight excluding hydrogens is 1580 g/mol. The Morgan fingerprint density at radius 1 is 0.264 bits per heavy atom. The summed E-state index contributed by atoms with van der Waals surface area (Å²) in [5.41, 5.74) is 2.36. The van der Waals surface area contributed by atoms with Crippen LogP contribution in [0.2, 0.25) is 0 Å². The van der Waals surface area contributed by atoms with E-state index in [1.165, 1.54) is 160 Å². The highest BCUT2D eigenvalue weighted by atomic mass is 16.2. The highest BCUT2D eigenvalue weighted by molar-refractivity contribution is 6.10. The van der Waals surface area contributed by atoms with Crippen molar-refractivity contribution in [3.8, 4) is 0 Å². The van der Waals surface area contributed by atoms with Gasteiger partial charge in [0.25, 0.3) is 59.1 Å². The normalized spacial score (nSPS) is 11.0. The van der Waals surface area contributed by atoms with E-state index in [1.807, 2.05) is 19.0 Å². The Hall–Kier alpha value is -15.5. The molecule has 10 heterocycles. The smallest absolute Gasteiger partial charge is 0.292 e. The lowest BCUT2D eigenvalue weighted by atomic mass is 10.3. The van der Waals surface area contributed by atoms with Crippen molar-refractivity contribution in [1.82, 2.24) is 102 Å². The van der Waals surface area contributed by atoms with Gasteiger partial charge in [0, 0.05) is 198 Å². The van der Waals surface area contributed by atoms with Gasteiger partial charge in [0.1, 0.15) is 28.5 Å². The maximum atomic E-state index is 13.5. The van der Waals surface area contributed by atoms with Crippen molar-refractivity contribution >= 4 is 146 Å². The van der Waals surface area contributed by atoms with E-state index in [0.29, 0.717) is 17.9 Å². The van der Waals surface area contributed by atoms with Crippen LogP contribution in [-0.4, -0.2) is 217 Å². The van der Waals surface area contributed by atoms with Gasteiger partial charge in [-0.2, -0.15) is 0 Å². The van der Waals surface area contributed by atoms with Crippen LogP contribution in [0.5, 0.6) is 0 Å². The fraction of sp³-hybridized carbons (Fsp3) is 0.333. The molecule has 0 saturated heterocycles. The van der Waals surface area contributed by atoms with Gasteiger partial charge in [0.15, 0.2) is 29.1 Å². The number of hydrogen-bond acceptors (Lipinski definition) is 21. The van der Waals surface area contributed by atoms with Crippen LogP contribution in [0.3, 0.4) is 0 Å². The molecule has 0 spiro atoms. The maximum absolute atomic E-state index is 13.5. The Labute approximate surface area is 689 Å². The van der Waals surface area contributed by atoms with Crippen LogP contribution in [0.25, 0.3) is 0 Å². The Bertz CT molecular complexity index is 5680. The van der Waals surface area contributed by atoms with Gasteiger partial charge in [-0.25, -0.2) is 24.9 Å². The summed E-state index contributed by atoms with van der Waals surface area (Å²) in [5, 5.41) is 40.0. The van der Waals surface area contributed by atoms with Crippen molar-refractivity contribution in [3.05, 3.63) is 150 Å². The van der Waals surface area contributed by atoms with Crippen LogP contribution in [0.15, 0.2) is 92.3 Å². The van der Waals surface area contributed by atoms with Crippen LogP contribution in [0.1, 0.15) is 151 Å². The van der Waals surface area contributed by atoms with Crippen molar-refractivity contribution in [2.24, 2.45) is 70.5 Å². The zero-order chi connectivity index (χ0) is 87.8. The number of aryl methyl sites for hydroxylation is 10. The molecular formula is C75H93N31O15. The van der Waals surface area contributed by atoms with Gasteiger partial charge < -0.3 is 130 Å². The molecule has 10 aromatic rings. The lowest BCUT2D eigenvalue weighted by Crippen LogP contribution is -2.32. The van der Waals surface area contributed by atoms with E-state index >= 15 is 0 Å². The predicted octanol–water partition coefficient (Wildman–Crippen LogP) is 1.37. The maximum Gasteiger partial charge on any atom is 0.292 e. The molecule has 121 heavy (non-hydrogen) atoms. The van der Waals surface area contributed by atoms with E-state index in [2.05, 4.69) is 105 Å². The number of aromatic nitrogens is 15. The van der Waals surface area contributed by atoms with Gasteiger partial charge in [0.2, 0.25) is 58.7 Å². The van der Waals surface area contributed by atoms with Crippen molar-refractivity contribution in [2.75, 3.05) is 107 Å². The topological polar surface area (TPSA) is 553 Å². The average Bonchev–Trinajstić information content (AvgIpc) is 1.68. The monoisotopic (exact) mass is 1670 g/mol. The highest BCUT2D eigenvalue weighted by Crippen LogP contribution is 2.23. The number of carbonyl (C=O) groups excluding carboxylic acids is 15. The van der Waals surface area contributed by atoms with E-state index in [1.54, 1.807) is 55.5 Å². The van der Waals surface area contributed by atoms with Gasteiger partial charge in [-0.15, -0.1) is 0 Å². The van der Waals surface area contributed by atoms with Crippen LogP contribution < -0.4 is 79.8 Å². The first-order chi connectivity index (χ1) is 57.4. The molecule has 0 bridgehead atoms. The molecule has 46 heteroatoms. The van der Waals surface area contributed by atoms with Crippen molar-refractivity contribution in [2.45, 2.75) is 45.4 Å². The Kier molecular flexibility index (Phi) is 28.3. The summed E-state index contributed by atoms with van der Waals surface area (Å²) in [7, 11) is 19.6. The first-order valence-electron chi connectivity index (χ1n) is 37.5. The number of nitrogens with zero attached hydrogens (tertiary/aromatic N) is 16. The van der Waals surface area contributed by atoms with E-state index in [9.17, 15) is 71.9 Å². The lowest BCUT2D eigenvalue weighted by molar-refractivity contribution is -0.121. The van der Waals surface area contributed by atoms with Crippen LogP contribution >= 0.6 is 0 Å². The molecule has 10 rings (SSSR count). The summed E-state index contributed by atoms with van der Waals surface area (Å²) < 4.78 is 14.4. The molecule has 0 atom stereocenters. The van der Waals surface area contributed by atoms with Gasteiger partial charge >= 0.3 is 0 Å². The standard InChI is InChI=1S/C75H93N31O15/c1-41(107)81-42-26-50(99(6)31-42)69(115)94-55-39-106(13)64(92-55)74(120)84-45-29-48(98(5)34-45)67(113)78-23-18-59(110)82-43-27-49(100(7)32-43)68(114)83-44-28-47(97(4)33-44)66(112)77-20-14-16-58(109)86-52-36-105(12)65(89-52)75(121)95-56-40-103(10)62(91-56)72(118)80-24-19-60(111)87-53-37-104(11)63(88-53)73(119)85-46-30-51(101(8)35-46)70(116)93-54-38-102(9)61(90-54)71(117)79-22-17-57(108)76-21-15-25-96(2)3/h26-40H,14-25H2,1-13H3,(H,76,108)(H,77,112)(H,78,113)(H,79,117)(H,80,118)(H,81,107)(H,82,110)(H,83,114)(H,84,120)(H,85,119)(H,86,109)(H,87,111)(H,93,116)(H,94,115)(H,95,121). The molecule has 46 nitrogen and oxygen atoms in total. The molecule has 0 aliphatic heterocycles. The van der Waals surface area contributed by atoms with Crippen molar-refractivity contribution in [1.29, 1.82) is 0 Å². The minimum absolute atomic E-state index is 0.00160. The van der Waals surface area contributed by atoms with Gasteiger partial charge in [0.05, 0.1) is 28.4 Å². The average molecular weight is 1670 g/mol. The first-order valence-corrected chi connectivity index (χ1v) is 37.5. The molecule has 0 aromatic carbocycles. The summed E-state index contributed by atoms with van der Waals surface area (Å²) in [6.07, 6.45) is 15.3. The lowest BCUT2D eigenvalue weighted by Gasteiger charge is -2.10. The minimum Gasteiger partial charge on any atom is -0.356 e. The van der Waals surface area contributed by atoms with E-state index in [4.69, 9.17) is 0 Å². The number of hydrogen-bond donors (Lipinski definition) is 15. The molecule has 15 amide bonds. The first kappa shape index (κ1) is 87.8. The van der Waals surface area contributed by atoms with Crippen molar-refractivity contribution < 1.29 is 71.9 Å². The van der Waals surface area contributed by atoms with E-state index in [0.717, 1.165) is 13.0 Å². The SMILES string of the molecule is CC(=O)Nc1cc(C(=O)Nc2cn(C)c(C(=O)Nc3cc(C(=O)NCCC(=O)Nc4cc(C(=O)Nc5cc(C(=O)NCCCC(=O)Nc6cn(C)c(C(=O)Nc7cn(C)c(C(=O)NCCC(=O)Nc8cn(C)c(C(=O)Nc9cc(C(=O)Nc%10cn(C)c(C(=O)NCCC(=O)NCCCN(C)C)n%10)n(C)c9)n8)n7)n6)n(C)c5)n(C)c4)n(C)c3)n2)n(C)c1. The summed E-state index contributed by atoms with van der Waals surface area (Å²) in [4.78, 5) is 218. The Balaban J connectivity index is 0.590. The number of imidazole rings is 5. The zero-order valence-electron chi connectivity index (χ0n) is 68.4. The van der Waals surface area contributed by atoms with Crippen molar-refractivity contribution in [3.63, 3.8) is 0 Å². The van der Waals surface area contributed by atoms with Crippen LogP contribution in [0.4, 0.5) is 57.5 Å². The summed E-state index contributed by atoms with van der Waals surface area (Å²) in [5.74, 6) is -8.17. The van der Waals surface area contributed by atoms with Gasteiger partial charge in [-0.1, -0.05) is 0 Å². The molecule has 0 unspecified atom stereocenters. The second kappa shape index (κ2) is 38.9. The molecule has 10 aromatic heterocycles. The Morgan fingerprint density at radius 3 is 0.901 bits per heavy atom. The second-order valence-corrected chi connectivity index (χ2v) is 28.4. The molecule has 638 valence electrons. The number of rotatable bonds is 37. The van der Waals surface area contributed by atoms with Crippen LogP contribution in [0, 0.1) is 0 Å². The minimum atomic E-state index is -0.731. The second-order valence-electron chi connectivity index (χ2n) is 28.4. The third-order valence-corrected chi connectivity index (χ3v) is 18.1. The summed E-state index contributed by atoms with van der Waals surface area (Å²) in [6, 6.07) is 7.26. The predicted molar refractivity (Wildman–Crippen MR) is 440 cm³/mol. The number of carbonyl (C=O) groups is 15. The fourth-order valence-corrected chi connectivity index (χ4v) is 12.3. The fourth-order valence-electron chi connectivity index (χ4n) is 12.3. The largest absolute Gasteiger partial charge is 0.356 e. The van der Waals surface area contributed by atoms with E-state index in [-0.39, 0.29) is 174 Å². The number of amides is 15. The number of anilines is 10. The number of nitrogens with one attached hydrogen (secondary N) is 15. The summed E-state index contributed by atoms with van der Waals surface area (Å²) in [6.45, 7) is 2.61. The zero-order valence-corrected chi connectivity index (χ0v) is 68.4.